The molecule has 0 aliphatic carbocycles. The highest BCUT2D eigenvalue weighted by molar-refractivity contribution is 6.18. The van der Waals surface area contributed by atoms with Crippen molar-refractivity contribution >= 4 is 35.2 Å². The van der Waals surface area contributed by atoms with Gasteiger partial charge in [-0.05, 0) is 91.0 Å². The zero-order valence-corrected chi connectivity index (χ0v) is 64.5. The summed E-state index contributed by atoms with van der Waals surface area (Å²) in [5.74, 6) is -1.17. The zero-order chi connectivity index (χ0) is 76.1. The van der Waals surface area contributed by atoms with Gasteiger partial charge in [0.2, 0.25) is 0 Å². The van der Waals surface area contributed by atoms with Gasteiger partial charge < -0.3 is 66.6 Å². The molecule has 0 aliphatic heterocycles. The molecule has 0 fully saturated rings. The predicted octanol–water partition coefficient (Wildman–Crippen LogP) is 16.8. The van der Waals surface area contributed by atoms with Crippen molar-refractivity contribution in [1.82, 2.24) is 0 Å². The molecule has 0 amide bonds. The van der Waals surface area contributed by atoms with Gasteiger partial charge in [-0.25, -0.2) is 0 Å². The van der Waals surface area contributed by atoms with Crippen LogP contribution in [0, 0.1) is 0 Å². The first kappa shape index (κ1) is 83.1. The Morgan fingerprint density at radius 2 is 0.391 bits per heavy atom. The van der Waals surface area contributed by atoms with E-state index in [9.17, 15) is 0 Å². The second-order valence-corrected chi connectivity index (χ2v) is 26.4. The van der Waals surface area contributed by atoms with Gasteiger partial charge in [-0.2, -0.15) is 0 Å². The molecule has 0 radical (unpaired) electrons. The van der Waals surface area contributed by atoms with E-state index in [1.54, 1.807) is 28.4 Å². The molecule has 0 saturated heterocycles. The van der Waals surface area contributed by atoms with E-state index >= 15 is 0 Å². The minimum absolute atomic E-state index is 0.293. The SMILES string of the molecule is COCCOCCOCCN(CCOCCOCCOC)c1cc(C(c2ccccc2)c2ccccc2)c(N=CC=Nc2c(C(c3ccccc3)c3ccccc3)cc(N(CCOCCOCCOC)CCOCCOCCOC)cc2C(c2ccccc2)c2ccccc2)c(C(c2ccccc2)c2ccccc2)c1. The fourth-order valence-electron chi connectivity index (χ4n) is 13.8. The summed E-state index contributed by atoms with van der Waals surface area (Å²) in [4.78, 5) is 16.6. The molecule has 0 aliphatic rings. The molecule has 0 heterocycles. The molecule has 16 heteroatoms. The first-order valence-electron chi connectivity index (χ1n) is 38.5. The van der Waals surface area contributed by atoms with Crippen LogP contribution in [0.15, 0.2) is 277 Å². The molecule has 10 aromatic rings. The van der Waals surface area contributed by atoms with Gasteiger partial charge in [0.25, 0.3) is 0 Å². The smallest absolute Gasteiger partial charge is 0.0715 e. The number of anilines is 2. The van der Waals surface area contributed by atoms with E-state index in [0.717, 1.165) is 89.5 Å². The third-order valence-corrected chi connectivity index (χ3v) is 19.1. The average molecular weight is 1490 g/mol. The van der Waals surface area contributed by atoms with Crippen molar-refractivity contribution in [1.29, 1.82) is 0 Å². The summed E-state index contributed by atoms with van der Waals surface area (Å²) in [7, 11) is 6.71. The van der Waals surface area contributed by atoms with Crippen molar-refractivity contribution in [2.75, 3.05) is 197 Å². The van der Waals surface area contributed by atoms with Gasteiger partial charge >= 0.3 is 0 Å². The number of rotatable bonds is 53. The highest BCUT2D eigenvalue weighted by atomic mass is 16.6. The van der Waals surface area contributed by atoms with E-state index in [2.05, 4.69) is 277 Å². The van der Waals surface area contributed by atoms with Crippen LogP contribution in [0.4, 0.5) is 22.7 Å². The second kappa shape index (κ2) is 49.0. The van der Waals surface area contributed by atoms with Crippen LogP contribution in [0.3, 0.4) is 0 Å². The lowest BCUT2D eigenvalue weighted by Crippen LogP contribution is -2.32. The van der Waals surface area contributed by atoms with E-state index in [4.69, 9.17) is 66.8 Å². The predicted molar refractivity (Wildman–Crippen MR) is 443 cm³/mol. The Bertz CT molecular complexity index is 3480. The summed E-state index contributed by atoms with van der Waals surface area (Å²) >= 11 is 0. The van der Waals surface area contributed by atoms with E-state index in [1.165, 1.54) is 0 Å². The molecule has 0 unspecified atom stereocenters. The van der Waals surface area contributed by atoms with Gasteiger partial charge in [-0.3, -0.25) is 9.98 Å². The Labute approximate surface area is 652 Å². The summed E-state index contributed by atoms with van der Waals surface area (Å²) < 4.78 is 70.0. The lowest BCUT2D eigenvalue weighted by Gasteiger charge is -2.31. The van der Waals surface area contributed by atoms with E-state index in [0.29, 0.717) is 158 Å². The lowest BCUT2D eigenvalue weighted by atomic mass is 9.78. The lowest BCUT2D eigenvalue weighted by molar-refractivity contribution is 0.0235. The Hall–Kier alpha value is -9.34. The minimum atomic E-state index is -0.293. The van der Waals surface area contributed by atoms with Crippen LogP contribution in [-0.2, 0) is 56.8 Å². The first-order valence-corrected chi connectivity index (χ1v) is 38.5. The highest BCUT2D eigenvalue weighted by Gasteiger charge is 2.31. The average Bonchev–Trinajstić information content (AvgIpc) is 0.769. The van der Waals surface area contributed by atoms with Gasteiger partial charge in [0, 0.05) is 102 Å². The summed E-state index contributed by atoms with van der Waals surface area (Å²) in [5.41, 5.74) is 16.6. The fourth-order valence-corrected chi connectivity index (χ4v) is 13.8. The topological polar surface area (TPSA) is 142 Å². The van der Waals surface area contributed by atoms with E-state index in [1.807, 2.05) is 12.4 Å². The molecule has 0 saturated carbocycles. The number of benzene rings is 10. The van der Waals surface area contributed by atoms with E-state index < -0.39 is 0 Å². The van der Waals surface area contributed by atoms with Crippen molar-refractivity contribution in [3.05, 3.63) is 334 Å². The molecule has 10 rings (SSSR count). The van der Waals surface area contributed by atoms with Crippen LogP contribution >= 0.6 is 0 Å². The monoisotopic (exact) mass is 1490 g/mol. The number of hydrogen-bond acceptors (Lipinski definition) is 16. The maximum absolute atomic E-state index is 6.40. The molecule has 0 atom stereocenters. The molecule has 0 N–H and O–H groups in total. The van der Waals surface area contributed by atoms with Gasteiger partial charge in [-0.1, -0.05) is 243 Å². The highest BCUT2D eigenvalue weighted by Crippen LogP contribution is 2.49. The fraction of sp³-hybridized carbons (Fsp3) is 0.340. The van der Waals surface area contributed by atoms with Gasteiger partial charge in [0.1, 0.15) is 0 Å². The Kier molecular flexibility index (Phi) is 37.1. The standard InChI is InChI=1S/C94H110N4O12/c1-99-55-59-107-67-63-103-51-47-97(48-52-104-64-68-108-60-56-100-2)83-71-85(89(75-29-13-5-14-30-75)76-31-15-6-16-32-76)93(86(72-83)90(77-33-17-7-18-34-77)78-35-19-8-20-36-78)95-45-46-96-94-87(91(79-37-21-9-22-38-79)80-39-23-10-24-40-80)73-84(74-88(94)92(81-41-25-11-26-42-81)82-43-27-12-28-44-82)98(49-53-105-65-69-109-61-57-101-3)50-54-106-66-70-110-62-58-102-4/h5-46,71-74,89-92H,47-70H2,1-4H3. The van der Waals surface area contributed by atoms with Crippen LogP contribution in [0.2, 0.25) is 0 Å². The number of hydrogen-bond donors (Lipinski definition) is 0. The Morgan fingerprint density at radius 3 is 0.564 bits per heavy atom. The number of nitrogens with zero attached hydrogens (tertiary/aromatic N) is 4. The second-order valence-electron chi connectivity index (χ2n) is 26.4. The van der Waals surface area contributed by atoms with Crippen molar-refractivity contribution in [2.45, 2.75) is 23.7 Å². The maximum Gasteiger partial charge on any atom is 0.0715 e. The quantitative estimate of drug-likeness (QED) is 0.0203. The summed E-state index contributed by atoms with van der Waals surface area (Å²) in [6, 6.07) is 95.8. The molecule has 10 aromatic carbocycles. The molecule has 110 heavy (non-hydrogen) atoms. The number of methoxy groups -OCH3 is 4. The molecule has 0 bridgehead atoms. The van der Waals surface area contributed by atoms with Crippen LogP contribution in [0.25, 0.3) is 0 Å². The minimum Gasteiger partial charge on any atom is -0.382 e. The third-order valence-electron chi connectivity index (χ3n) is 19.1. The molecular formula is C94H110N4O12. The van der Waals surface area contributed by atoms with Crippen LogP contribution in [0.1, 0.15) is 90.4 Å². The van der Waals surface area contributed by atoms with Crippen LogP contribution in [0.5, 0.6) is 0 Å². The normalized spacial score (nSPS) is 11.7. The van der Waals surface area contributed by atoms with E-state index in [-0.39, 0.29) is 23.7 Å². The first-order chi connectivity index (χ1) is 54.6. The van der Waals surface area contributed by atoms with Crippen molar-refractivity contribution in [3.63, 3.8) is 0 Å². The maximum atomic E-state index is 6.40. The Morgan fingerprint density at radius 1 is 0.227 bits per heavy atom. The van der Waals surface area contributed by atoms with Gasteiger partial charge in [0.05, 0.1) is 144 Å². The van der Waals surface area contributed by atoms with Gasteiger partial charge in [-0.15, -0.1) is 0 Å². The summed E-state index contributed by atoms with van der Waals surface area (Å²) in [5, 5.41) is 0. The third kappa shape index (κ3) is 26.2. The molecule has 16 nitrogen and oxygen atoms in total. The summed E-state index contributed by atoms with van der Waals surface area (Å²) in [6.45, 7) is 11.5. The number of ether oxygens (including phenoxy) is 12. The largest absolute Gasteiger partial charge is 0.382 e. The Balaban J connectivity index is 1.21. The van der Waals surface area contributed by atoms with Crippen molar-refractivity contribution in [3.8, 4) is 0 Å². The van der Waals surface area contributed by atoms with Gasteiger partial charge in [0.15, 0.2) is 0 Å². The van der Waals surface area contributed by atoms with Crippen LogP contribution < -0.4 is 9.80 Å². The van der Waals surface area contributed by atoms with Crippen molar-refractivity contribution in [2.24, 2.45) is 9.98 Å². The van der Waals surface area contributed by atoms with Crippen LogP contribution in [-0.4, -0.2) is 199 Å². The van der Waals surface area contributed by atoms with Crippen molar-refractivity contribution < 1.29 is 56.8 Å². The molecular weight excluding hydrogens is 1380 g/mol. The zero-order valence-electron chi connectivity index (χ0n) is 64.5. The summed E-state index contributed by atoms with van der Waals surface area (Å²) in [6.07, 6.45) is 3.84. The number of aliphatic imine (C=N–C) groups is 2. The molecule has 0 aromatic heterocycles. The molecule has 0 spiro atoms. The molecule has 578 valence electrons.